The van der Waals surface area contributed by atoms with E-state index in [-0.39, 0.29) is 32.0 Å². The highest BCUT2D eigenvalue weighted by molar-refractivity contribution is 6.61. The lowest BCUT2D eigenvalue weighted by atomic mass is 10.2. The van der Waals surface area contributed by atoms with Crippen molar-refractivity contribution < 1.29 is 36.6 Å². The molecule has 0 spiro atoms. The number of ether oxygens (including phenoxy) is 2. The summed E-state index contributed by atoms with van der Waals surface area (Å²) in [4.78, 5) is 21.6. The van der Waals surface area contributed by atoms with Crippen LogP contribution < -0.4 is 11.1 Å². The second-order valence-corrected chi connectivity index (χ2v) is 7.80. The molecule has 6 nitrogen and oxygen atoms in total. The van der Waals surface area contributed by atoms with Crippen LogP contribution in [0.25, 0.3) is 0 Å². The quantitative estimate of drug-likeness (QED) is 0.141. The Bertz CT molecular complexity index is 1350. The lowest BCUT2D eigenvalue weighted by Crippen LogP contribution is -2.14. The van der Waals surface area contributed by atoms with E-state index in [9.17, 15) is 27.2 Å². The van der Waals surface area contributed by atoms with Gasteiger partial charge in [0.25, 0.3) is 0 Å². The number of hydrogen-bond donors (Lipinski definition) is 2. The molecule has 11 heteroatoms. The molecule has 40 heavy (non-hydrogen) atoms. The smallest absolute Gasteiger partial charge is 0.412 e. The van der Waals surface area contributed by atoms with Crippen molar-refractivity contribution in [1.29, 1.82) is 0 Å². The van der Waals surface area contributed by atoms with Gasteiger partial charge in [0, 0.05) is 23.7 Å². The van der Waals surface area contributed by atoms with Crippen LogP contribution in [-0.2, 0) is 22.7 Å². The maximum Gasteiger partial charge on any atom is 0.412 e. The molecule has 0 bridgehead atoms. The van der Waals surface area contributed by atoms with E-state index in [2.05, 4.69) is 10.1 Å². The first-order valence-corrected chi connectivity index (χ1v) is 11.5. The maximum atomic E-state index is 13.3. The average Bonchev–Trinajstić information content (AvgIpc) is 2.92. The third-order valence-electron chi connectivity index (χ3n) is 4.54. The average molecular weight is 579 g/mol. The number of carbonyl (C=O) groups excluding carboxylic acids is 2. The molecule has 0 radical (unpaired) electrons. The fourth-order valence-electron chi connectivity index (χ4n) is 2.68. The first-order chi connectivity index (χ1) is 18.6. The lowest BCUT2D eigenvalue weighted by molar-refractivity contribution is 0.155. The highest BCUT2D eigenvalue weighted by Crippen LogP contribution is 2.15. The Morgan fingerprint density at radius 3 is 1.62 bits per heavy atom. The Balaban J connectivity index is 0.000000324. The SMILES string of the molecule is C.Nc1ccc(F)cc1F.O=C(Cl)OCc1ccccc1.O=C(Nc1ccc(F)cc1F)OCc1ccccc1. The predicted molar refractivity (Wildman–Crippen MR) is 147 cm³/mol. The zero-order chi connectivity index (χ0) is 28.6. The minimum absolute atomic E-state index is 0. The van der Waals surface area contributed by atoms with E-state index >= 15 is 0 Å². The summed E-state index contributed by atoms with van der Waals surface area (Å²) < 4.78 is 59.7. The Morgan fingerprint density at radius 2 is 1.18 bits per heavy atom. The number of carbonyl (C=O) groups is 2. The summed E-state index contributed by atoms with van der Waals surface area (Å²) in [6.07, 6.45) is -0.797. The normalized spacial score (nSPS) is 9.43. The molecular weight excluding hydrogens is 552 g/mol. The summed E-state index contributed by atoms with van der Waals surface area (Å²) in [6, 6.07) is 24.3. The third kappa shape index (κ3) is 13.3. The van der Waals surface area contributed by atoms with Gasteiger partial charge in [0.2, 0.25) is 0 Å². The van der Waals surface area contributed by atoms with Crippen LogP contribution >= 0.6 is 11.6 Å². The van der Waals surface area contributed by atoms with Gasteiger partial charge in [-0.25, -0.2) is 27.2 Å². The Kier molecular flexibility index (Phi) is 14.9. The second-order valence-electron chi connectivity index (χ2n) is 7.49. The molecule has 0 aliphatic rings. The van der Waals surface area contributed by atoms with Gasteiger partial charge in [0.05, 0.1) is 11.4 Å². The molecule has 0 aliphatic carbocycles. The molecule has 0 atom stereocenters. The van der Waals surface area contributed by atoms with E-state index in [1.807, 2.05) is 48.5 Å². The molecule has 0 saturated heterocycles. The first-order valence-electron chi connectivity index (χ1n) is 11.1. The van der Waals surface area contributed by atoms with Crippen molar-refractivity contribution in [2.24, 2.45) is 0 Å². The number of nitrogen functional groups attached to an aromatic ring is 1. The zero-order valence-electron chi connectivity index (χ0n) is 20.3. The zero-order valence-corrected chi connectivity index (χ0v) is 21.0. The monoisotopic (exact) mass is 578 g/mol. The summed E-state index contributed by atoms with van der Waals surface area (Å²) in [5.74, 6) is -2.88. The van der Waals surface area contributed by atoms with Crippen LogP contribution in [0.1, 0.15) is 18.6 Å². The van der Waals surface area contributed by atoms with Crippen LogP contribution in [-0.4, -0.2) is 11.5 Å². The molecule has 4 aromatic carbocycles. The van der Waals surface area contributed by atoms with E-state index in [0.717, 1.165) is 35.4 Å². The molecule has 212 valence electrons. The maximum absolute atomic E-state index is 13.3. The number of hydrogen-bond acceptors (Lipinski definition) is 5. The molecule has 0 aliphatic heterocycles. The topological polar surface area (TPSA) is 90.7 Å². The molecule has 0 unspecified atom stereocenters. The van der Waals surface area contributed by atoms with E-state index in [1.54, 1.807) is 12.1 Å². The lowest BCUT2D eigenvalue weighted by Gasteiger charge is -2.07. The fraction of sp³-hybridized carbons (Fsp3) is 0.103. The predicted octanol–water partition coefficient (Wildman–Crippen LogP) is 8.46. The van der Waals surface area contributed by atoms with Crippen molar-refractivity contribution in [2.45, 2.75) is 20.6 Å². The standard InChI is InChI=1S/C14H11F2NO2.C8H7ClO2.C6H5F2N.CH4/c15-11-6-7-13(12(16)8-11)17-14(18)19-9-10-4-2-1-3-5-10;9-8(10)11-6-7-4-2-1-3-5-7;7-4-1-2-6(9)5(8)3-4;/h1-8H,9H2,(H,17,18);1-5H,6H2;1-3H,9H2;1H4. The number of nitrogens with two attached hydrogens (primary N) is 1. The molecular formula is C29H27ClF4N2O4. The van der Waals surface area contributed by atoms with Gasteiger partial charge in [-0.2, -0.15) is 0 Å². The van der Waals surface area contributed by atoms with Crippen molar-refractivity contribution >= 4 is 34.5 Å². The highest BCUT2D eigenvalue weighted by atomic mass is 35.5. The minimum atomic E-state index is -0.850. The molecule has 0 aromatic heterocycles. The van der Waals surface area contributed by atoms with Gasteiger partial charge in [-0.1, -0.05) is 68.1 Å². The van der Waals surface area contributed by atoms with E-state index in [1.165, 1.54) is 6.07 Å². The molecule has 4 rings (SSSR count). The minimum Gasteiger partial charge on any atom is -0.449 e. The Morgan fingerprint density at radius 1 is 0.700 bits per heavy atom. The molecule has 0 heterocycles. The van der Waals surface area contributed by atoms with Crippen molar-refractivity contribution in [3.63, 3.8) is 0 Å². The van der Waals surface area contributed by atoms with E-state index in [0.29, 0.717) is 6.07 Å². The number of anilines is 2. The number of halogens is 5. The summed E-state index contributed by atoms with van der Waals surface area (Å²) in [5, 5.41) is 2.20. The van der Waals surface area contributed by atoms with Gasteiger partial charge >= 0.3 is 11.5 Å². The van der Waals surface area contributed by atoms with Crippen LogP contribution in [0.5, 0.6) is 0 Å². The van der Waals surface area contributed by atoms with Gasteiger partial charge in [-0.15, -0.1) is 0 Å². The van der Waals surface area contributed by atoms with Crippen molar-refractivity contribution in [3.05, 3.63) is 131 Å². The van der Waals surface area contributed by atoms with Crippen LogP contribution in [0.4, 0.5) is 38.5 Å². The summed E-state index contributed by atoms with van der Waals surface area (Å²) in [5.41, 5.74) is 5.87. The molecule has 0 saturated carbocycles. The molecule has 0 fully saturated rings. The molecule has 1 amide bonds. The van der Waals surface area contributed by atoms with Crippen molar-refractivity contribution in [2.75, 3.05) is 11.1 Å². The van der Waals surface area contributed by atoms with Crippen LogP contribution in [0.2, 0.25) is 0 Å². The van der Waals surface area contributed by atoms with Gasteiger partial charge in [-0.3, -0.25) is 5.32 Å². The van der Waals surface area contributed by atoms with Crippen LogP contribution in [0.15, 0.2) is 97.1 Å². The summed E-state index contributed by atoms with van der Waals surface area (Å²) in [6.45, 7) is 0.318. The van der Waals surface area contributed by atoms with E-state index < -0.39 is 34.8 Å². The van der Waals surface area contributed by atoms with Crippen LogP contribution in [0.3, 0.4) is 0 Å². The molecule has 3 N–H and O–H groups in total. The first kappa shape index (κ1) is 33.5. The van der Waals surface area contributed by atoms with Gasteiger partial charge in [0.15, 0.2) is 0 Å². The third-order valence-corrected chi connectivity index (χ3v) is 4.65. The van der Waals surface area contributed by atoms with Crippen molar-refractivity contribution in [3.8, 4) is 0 Å². The van der Waals surface area contributed by atoms with Gasteiger partial charge < -0.3 is 15.2 Å². The Hall–Kier alpha value is -4.57. The van der Waals surface area contributed by atoms with Crippen LogP contribution in [0, 0.1) is 23.3 Å². The second kappa shape index (κ2) is 17.8. The largest absolute Gasteiger partial charge is 0.449 e. The van der Waals surface area contributed by atoms with Crippen molar-refractivity contribution in [1.82, 2.24) is 0 Å². The summed E-state index contributed by atoms with van der Waals surface area (Å²) in [7, 11) is 0. The highest BCUT2D eigenvalue weighted by Gasteiger charge is 2.08. The number of amides is 1. The fourth-order valence-corrected chi connectivity index (χ4v) is 2.73. The Labute approximate surface area is 234 Å². The summed E-state index contributed by atoms with van der Waals surface area (Å²) >= 11 is 4.97. The number of nitrogens with one attached hydrogen (secondary N) is 1. The number of rotatable bonds is 5. The van der Waals surface area contributed by atoms with Gasteiger partial charge in [0.1, 0.15) is 36.5 Å². The van der Waals surface area contributed by atoms with Gasteiger partial charge in [-0.05, 0) is 35.4 Å². The van der Waals surface area contributed by atoms with E-state index in [4.69, 9.17) is 22.1 Å². The molecule has 4 aromatic rings. The number of benzene rings is 4.